The number of hydrogen-bond donors (Lipinski definition) is 3. The van der Waals surface area contributed by atoms with Crippen LogP contribution in [0.25, 0.3) is 10.9 Å². The molecular formula is C45H48N6O7. The van der Waals surface area contributed by atoms with E-state index in [2.05, 4.69) is 34.4 Å². The number of phenolic OH excluding ortho intramolecular Hbond substituents is 2. The lowest BCUT2D eigenvalue weighted by molar-refractivity contribution is -0.135. The zero-order chi connectivity index (χ0) is 40.4. The maximum Gasteiger partial charge on any atom is 0.260 e. The summed E-state index contributed by atoms with van der Waals surface area (Å²) in [7, 11) is 1.80. The molecular weight excluding hydrogens is 737 g/mol. The number of carbonyl (C=O) groups excluding carboxylic acids is 3. The number of benzene rings is 4. The number of piperazine rings is 1. The van der Waals surface area contributed by atoms with Crippen LogP contribution < -0.4 is 14.8 Å². The number of aryl methyl sites for hydroxylation is 1. The van der Waals surface area contributed by atoms with Crippen LogP contribution in [0.15, 0.2) is 89.9 Å². The number of rotatable bonds is 13. The molecule has 0 saturated carbocycles. The van der Waals surface area contributed by atoms with Crippen molar-refractivity contribution in [2.45, 2.75) is 50.4 Å². The number of piperidine rings is 1. The van der Waals surface area contributed by atoms with Crippen LogP contribution in [0.2, 0.25) is 0 Å². The van der Waals surface area contributed by atoms with Crippen LogP contribution in [0.5, 0.6) is 23.0 Å². The van der Waals surface area contributed by atoms with Crippen LogP contribution in [0.3, 0.4) is 0 Å². The molecule has 3 amide bonds. The summed E-state index contributed by atoms with van der Waals surface area (Å²) in [5.41, 5.74) is 5.71. The summed E-state index contributed by atoms with van der Waals surface area (Å²) in [6.45, 7) is 6.54. The minimum Gasteiger partial charge on any atom is -0.508 e. The van der Waals surface area contributed by atoms with E-state index in [1.54, 1.807) is 42.1 Å². The molecule has 2 saturated heterocycles. The molecule has 1 aromatic heterocycles. The normalized spacial score (nSPS) is 19.5. The van der Waals surface area contributed by atoms with E-state index in [1.165, 1.54) is 0 Å². The van der Waals surface area contributed by atoms with Gasteiger partial charge in [0.15, 0.2) is 6.61 Å². The average molecular weight is 785 g/mol. The maximum absolute atomic E-state index is 13.0. The molecule has 0 aliphatic carbocycles. The largest absolute Gasteiger partial charge is 0.508 e. The van der Waals surface area contributed by atoms with Gasteiger partial charge in [-0.05, 0) is 123 Å². The first-order chi connectivity index (χ1) is 28.0. The van der Waals surface area contributed by atoms with E-state index in [4.69, 9.17) is 14.5 Å². The number of carbonyl (C=O) groups is 3. The van der Waals surface area contributed by atoms with Gasteiger partial charge in [-0.25, -0.2) is 0 Å². The van der Waals surface area contributed by atoms with Crippen molar-refractivity contribution < 1.29 is 34.1 Å². The molecule has 2 atom stereocenters. The number of aromatic nitrogens is 2. The molecule has 300 valence electrons. The van der Waals surface area contributed by atoms with Gasteiger partial charge < -0.3 is 24.6 Å². The molecule has 58 heavy (non-hydrogen) atoms. The number of hydrogen-bond acceptors (Lipinski definition) is 10. The van der Waals surface area contributed by atoms with Gasteiger partial charge in [0.2, 0.25) is 11.8 Å². The van der Waals surface area contributed by atoms with Gasteiger partial charge in [-0.2, -0.15) is 5.10 Å². The minimum absolute atomic E-state index is 0.0548. The standard InChI is InChI=1S/C45H48N6O7/c1-45(37-25-32(53)11-17-38(37)46-43(45)30-7-9-31(52)10-8-30)27-29-5-12-33(13-6-29)57-24-4-3-19-50-20-22-51(23-21-50)41(55)28-58-34-14-15-35-39(26-34)49(2)48-42(35)36-16-18-40(54)47-44(36)56/h5-15,17,25-26,36,52-53H,3-4,16,18-24,27-28H2,1-2H3,(H,47,54,56). The first-order valence-corrected chi connectivity index (χ1v) is 19.9. The van der Waals surface area contributed by atoms with Crippen molar-refractivity contribution in [1.82, 2.24) is 24.9 Å². The Morgan fingerprint density at radius 1 is 0.879 bits per heavy atom. The van der Waals surface area contributed by atoms with Crippen molar-refractivity contribution in [3.63, 3.8) is 0 Å². The third-order valence-corrected chi connectivity index (χ3v) is 11.6. The number of nitrogens with zero attached hydrogens (tertiary/aromatic N) is 5. The molecule has 4 heterocycles. The fourth-order valence-electron chi connectivity index (χ4n) is 8.38. The Morgan fingerprint density at radius 2 is 1.62 bits per heavy atom. The number of amides is 3. The fourth-order valence-corrected chi connectivity index (χ4v) is 8.38. The van der Waals surface area contributed by atoms with E-state index in [-0.39, 0.29) is 42.2 Å². The van der Waals surface area contributed by atoms with Crippen LogP contribution in [0.1, 0.15) is 60.9 Å². The Hall–Kier alpha value is -6.21. The second-order valence-electron chi connectivity index (χ2n) is 15.6. The molecule has 0 bridgehead atoms. The summed E-state index contributed by atoms with van der Waals surface area (Å²) in [6.07, 6.45) is 3.29. The lowest BCUT2D eigenvalue weighted by Crippen LogP contribution is -2.50. The summed E-state index contributed by atoms with van der Waals surface area (Å²) in [4.78, 5) is 46.3. The van der Waals surface area contributed by atoms with Gasteiger partial charge in [-0.3, -0.25) is 34.3 Å². The number of unbranched alkanes of at least 4 members (excludes halogenated alkanes) is 1. The Kier molecular flexibility index (Phi) is 10.9. The van der Waals surface area contributed by atoms with Crippen LogP contribution in [0, 0.1) is 0 Å². The number of aliphatic imine (C=N–C) groups is 1. The summed E-state index contributed by atoms with van der Waals surface area (Å²) < 4.78 is 13.7. The van der Waals surface area contributed by atoms with Gasteiger partial charge >= 0.3 is 0 Å². The highest BCUT2D eigenvalue weighted by molar-refractivity contribution is 6.13. The number of phenols is 2. The topological polar surface area (TPSA) is 159 Å². The van der Waals surface area contributed by atoms with Gasteiger partial charge in [0.1, 0.15) is 23.0 Å². The first kappa shape index (κ1) is 38.7. The molecule has 3 N–H and O–H groups in total. The molecule has 13 nitrogen and oxygen atoms in total. The second kappa shape index (κ2) is 16.3. The zero-order valence-corrected chi connectivity index (χ0v) is 32.8. The molecule has 13 heteroatoms. The molecule has 2 fully saturated rings. The molecule has 5 aromatic rings. The average Bonchev–Trinajstić information content (AvgIpc) is 3.69. The number of ether oxygens (including phenoxy) is 2. The van der Waals surface area contributed by atoms with E-state index in [0.29, 0.717) is 44.0 Å². The fraction of sp³-hybridized carbons (Fsp3) is 0.356. The number of nitrogens with one attached hydrogen (secondary N) is 1. The van der Waals surface area contributed by atoms with Gasteiger partial charge in [-0.1, -0.05) is 12.1 Å². The van der Waals surface area contributed by atoms with Crippen molar-refractivity contribution >= 4 is 40.0 Å². The molecule has 8 rings (SSSR count). The van der Waals surface area contributed by atoms with Crippen LogP contribution >= 0.6 is 0 Å². The summed E-state index contributed by atoms with van der Waals surface area (Å²) in [5.74, 6) is 0.660. The summed E-state index contributed by atoms with van der Waals surface area (Å²) in [5, 5.41) is 28.0. The van der Waals surface area contributed by atoms with Crippen molar-refractivity contribution in [3.8, 4) is 23.0 Å². The monoisotopic (exact) mass is 784 g/mol. The van der Waals surface area contributed by atoms with E-state index >= 15 is 0 Å². The van der Waals surface area contributed by atoms with E-state index in [1.807, 2.05) is 47.4 Å². The summed E-state index contributed by atoms with van der Waals surface area (Å²) in [6, 6.07) is 26.1. The maximum atomic E-state index is 13.0. The van der Waals surface area contributed by atoms with E-state index in [0.717, 1.165) is 77.2 Å². The third-order valence-electron chi connectivity index (χ3n) is 11.6. The smallest absolute Gasteiger partial charge is 0.260 e. The van der Waals surface area contributed by atoms with Gasteiger partial charge in [0, 0.05) is 56.5 Å². The number of aromatic hydroxyl groups is 2. The van der Waals surface area contributed by atoms with Crippen molar-refractivity contribution in [2.24, 2.45) is 12.0 Å². The second-order valence-corrected chi connectivity index (χ2v) is 15.6. The van der Waals surface area contributed by atoms with Crippen molar-refractivity contribution in [2.75, 3.05) is 45.9 Å². The molecule has 2 unspecified atom stereocenters. The lowest BCUT2D eigenvalue weighted by Gasteiger charge is -2.34. The highest BCUT2D eigenvalue weighted by atomic mass is 16.5. The molecule has 4 aromatic carbocycles. The first-order valence-electron chi connectivity index (χ1n) is 19.9. The molecule has 0 radical (unpaired) electrons. The summed E-state index contributed by atoms with van der Waals surface area (Å²) >= 11 is 0. The Labute approximate surface area is 336 Å². The molecule has 3 aliphatic rings. The Morgan fingerprint density at radius 3 is 2.38 bits per heavy atom. The van der Waals surface area contributed by atoms with E-state index in [9.17, 15) is 24.6 Å². The van der Waals surface area contributed by atoms with Crippen LogP contribution in [-0.2, 0) is 33.3 Å². The molecule has 3 aliphatic heterocycles. The zero-order valence-electron chi connectivity index (χ0n) is 32.8. The highest BCUT2D eigenvalue weighted by Crippen LogP contribution is 2.46. The van der Waals surface area contributed by atoms with Crippen LogP contribution in [-0.4, -0.2) is 99.2 Å². The quantitative estimate of drug-likeness (QED) is 0.103. The Bertz CT molecular complexity index is 2370. The SMILES string of the molecule is Cn1nc(C2CCC(=O)NC2=O)c2ccc(OCC(=O)N3CCN(CCCCOc4ccc(CC5(C)C(c6ccc(O)cc6)=Nc6ccc(O)cc65)cc4)CC3)cc21. The van der Waals surface area contributed by atoms with Crippen molar-refractivity contribution in [1.29, 1.82) is 0 Å². The van der Waals surface area contributed by atoms with Gasteiger partial charge in [0.25, 0.3) is 5.91 Å². The highest BCUT2D eigenvalue weighted by Gasteiger charge is 2.40. The van der Waals surface area contributed by atoms with E-state index < -0.39 is 11.3 Å². The lowest BCUT2D eigenvalue weighted by atomic mass is 9.73. The molecule has 0 spiro atoms. The third kappa shape index (κ3) is 8.12. The predicted octanol–water partition coefficient (Wildman–Crippen LogP) is 5.52. The van der Waals surface area contributed by atoms with Gasteiger partial charge in [0.05, 0.1) is 35.1 Å². The van der Waals surface area contributed by atoms with Crippen molar-refractivity contribution in [3.05, 3.63) is 107 Å². The Balaban J connectivity index is 0.758. The van der Waals surface area contributed by atoms with Gasteiger partial charge in [-0.15, -0.1) is 0 Å². The van der Waals surface area contributed by atoms with Crippen LogP contribution in [0.4, 0.5) is 5.69 Å². The predicted molar refractivity (Wildman–Crippen MR) is 219 cm³/mol. The number of fused-ring (bicyclic) bond motifs is 2. The minimum atomic E-state index is -0.482. The number of imide groups is 1.